The van der Waals surface area contributed by atoms with Gasteiger partial charge in [0.15, 0.2) is 0 Å². The Kier molecular flexibility index (Phi) is 10.8. The number of carbonyl (C=O) groups is 2. The van der Waals surface area contributed by atoms with Crippen LogP contribution >= 0.6 is 0 Å². The maximum atomic E-state index is 11.6. The number of allylic oxidation sites excluding steroid dienone is 2. The van der Waals surface area contributed by atoms with Gasteiger partial charge in [-0.05, 0) is 31.2 Å². The molecule has 2 heterocycles. The molecule has 0 aromatic heterocycles. The van der Waals surface area contributed by atoms with E-state index >= 15 is 0 Å². The number of nitrogens with one attached hydrogen (secondary N) is 1. The molecule has 0 amide bonds. The van der Waals surface area contributed by atoms with Crippen molar-refractivity contribution in [3.8, 4) is 0 Å². The molecule has 1 saturated heterocycles. The summed E-state index contributed by atoms with van der Waals surface area (Å²) < 4.78 is 0. The van der Waals surface area contributed by atoms with Crippen LogP contribution in [-0.2, 0) is 9.59 Å². The molecule has 10 heteroatoms. The summed E-state index contributed by atoms with van der Waals surface area (Å²) in [5.41, 5.74) is 0.802. The van der Waals surface area contributed by atoms with E-state index in [1.54, 1.807) is 0 Å². The zero-order valence-electron chi connectivity index (χ0n) is 23.0. The van der Waals surface area contributed by atoms with Crippen LogP contribution in [-0.4, -0.2) is 76.1 Å². The SMILES string of the molecule is C=CCN1CCN(CC(C)(C)CC)CC1.CC1=C(C(=O)O)C(c2cccc([N+](=O)[O-])c2)C(C(=O)O)=C(C)N1. The zero-order chi connectivity index (χ0) is 28.6. The number of hydrogen-bond acceptors (Lipinski definition) is 7. The van der Waals surface area contributed by atoms with Crippen molar-refractivity contribution in [1.29, 1.82) is 0 Å². The summed E-state index contributed by atoms with van der Waals surface area (Å²) in [6.07, 6.45) is 3.27. The van der Waals surface area contributed by atoms with E-state index in [1.165, 1.54) is 77.3 Å². The number of nitro groups is 1. The van der Waals surface area contributed by atoms with Crippen molar-refractivity contribution < 1.29 is 24.7 Å². The lowest BCUT2D eigenvalue weighted by molar-refractivity contribution is -0.384. The van der Waals surface area contributed by atoms with E-state index in [0.717, 1.165) is 6.54 Å². The normalized spacial score (nSPS) is 17.4. The number of non-ortho nitro benzene ring substituents is 1. The van der Waals surface area contributed by atoms with Gasteiger partial charge in [-0.15, -0.1) is 6.58 Å². The molecule has 0 bridgehead atoms. The lowest BCUT2D eigenvalue weighted by Crippen LogP contribution is -2.48. The van der Waals surface area contributed by atoms with E-state index in [-0.39, 0.29) is 22.4 Å². The Morgan fingerprint density at radius 2 is 1.63 bits per heavy atom. The van der Waals surface area contributed by atoms with E-state index in [9.17, 15) is 29.9 Å². The van der Waals surface area contributed by atoms with Crippen molar-refractivity contribution in [1.82, 2.24) is 15.1 Å². The number of nitro benzene ring substituents is 1. The van der Waals surface area contributed by atoms with E-state index < -0.39 is 22.8 Å². The van der Waals surface area contributed by atoms with Gasteiger partial charge in [0, 0.05) is 62.8 Å². The number of nitrogens with zero attached hydrogens (tertiary/aromatic N) is 3. The van der Waals surface area contributed by atoms with Gasteiger partial charge >= 0.3 is 11.9 Å². The van der Waals surface area contributed by atoms with Crippen molar-refractivity contribution in [2.24, 2.45) is 5.41 Å². The summed E-state index contributed by atoms with van der Waals surface area (Å²) in [6, 6.07) is 5.34. The third-order valence-corrected chi connectivity index (χ3v) is 7.10. The fourth-order valence-electron chi connectivity index (χ4n) is 4.74. The van der Waals surface area contributed by atoms with Crippen LogP contribution in [0.1, 0.15) is 52.5 Å². The van der Waals surface area contributed by atoms with E-state index in [2.05, 4.69) is 42.5 Å². The smallest absolute Gasteiger partial charge is 0.334 e. The minimum Gasteiger partial charge on any atom is -0.478 e. The first-order chi connectivity index (χ1) is 17.8. The third kappa shape index (κ3) is 8.00. The second-order valence-electron chi connectivity index (χ2n) is 10.5. The van der Waals surface area contributed by atoms with Crippen molar-refractivity contribution in [3.63, 3.8) is 0 Å². The maximum Gasteiger partial charge on any atom is 0.334 e. The van der Waals surface area contributed by atoms with E-state index in [0.29, 0.717) is 16.8 Å². The number of hydrogen-bond donors (Lipinski definition) is 3. The Labute approximate surface area is 224 Å². The highest BCUT2D eigenvalue weighted by Gasteiger charge is 2.37. The van der Waals surface area contributed by atoms with Gasteiger partial charge in [0.05, 0.1) is 22.0 Å². The number of rotatable bonds is 9. The molecule has 0 aliphatic carbocycles. The second-order valence-corrected chi connectivity index (χ2v) is 10.5. The maximum absolute atomic E-state index is 11.6. The van der Waals surface area contributed by atoms with Crippen molar-refractivity contribution in [2.75, 3.05) is 39.3 Å². The highest BCUT2D eigenvalue weighted by molar-refractivity contribution is 5.98. The first kappa shape index (κ1) is 30.7. The highest BCUT2D eigenvalue weighted by atomic mass is 16.6. The summed E-state index contributed by atoms with van der Waals surface area (Å²) in [6.45, 7) is 21.0. The minimum absolute atomic E-state index is 0.145. The molecule has 0 saturated carbocycles. The molecular formula is C28H40N4O6. The predicted molar refractivity (Wildman–Crippen MR) is 147 cm³/mol. The van der Waals surface area contributed by atoms with Crippen LogP contribution in [0.2, 0.25) is 0 Å². The molecule has 0 radical (unpaired) electrons. The Morgan fingerprint density at radius 3 is 2.08 bits per heavy atom. The van der Waals surface area contributed by atoms with Gasteiger partial charge in [-0.1, -0.05) is 39.0 Å². The van der Waals surface area contributed by atoms with E-state index in [4.69, 9.17) is 0 Å². The van der Waals surface area contributed by atoms with Crippen molar-refractivity contribution in [3.05, 3.63) is 75.1 Å². The van der Waals surface area contributed by atoms with Crippen LogP contribution in [0.15, 0.2) is 59.5 Å². The average Bonchev–Trinajstić information content (AvgIpc) is 2.84. The van der Waals surface area contributed by atoms with Crippen LogP contribution in [0.3, 0.4) is 0 Å². The standard InChI is InChI=1S/C15H14N2O6.C13H26N2/c1-7-11(14(18)19)13(12(15(20)21)8(2)16-7)9-4-3-5-10(6-9)17(22)23;1-5-7-14-8-10-15(11-9-14)12-13(3,4)6-2/h3-6,13,16H,1-2H3,(H,18,19)(H,20,21);5H,1,6-12H2,2-4H3. The van der Waals surface area contributed by atoms with Gasteiger partial charge < -0.3 is 20.4 Å². The lowest BCUT2D eigenvalue weighted by Gasteiger charge is -2.38. The van der Waals surface area contributed by atoms with Crippen LogP contribution in [0, 0.1) is 15.5 Å². The summed E-state index contributed by atoms with van der Waals surface area (Å²) >= 11 is 0. The van der Waals surface area contributed by atoms with Crippen LogP contribution in [0.25, 0.3) is 0 Å². The molecule has 1 fully saturated rings. The molecule has 0 spiro atoms. The number of benzene rings is 1. The molecule has 0 atom stereocenters. The fourth-order valence-corrected chi connectivity index (χ4v) is 4.74. The quantitative estimate of drug-likeness (QED) is 0.244. The lowest BCUT2D eigenvalue weighted by atomic mass is 9.80. The summed E-state index contributed by atoms with van der Waals surface area (Å²) in [4.78, 5) is 38.6. The molecular weight excluding hydrogens is 488 g/mol. The first-order valence-corrected chi connectivity index (χ1v) is 12.8. The zero-order valence-corrected chi connectivity index (χ0v) is 23.0. The number of aliphatic carboxylic acids is 2. The van der Waals surface area contributed by atoms with E-state index in [1.807, 2.05) is 6.08 Å². The molecule has 10 nitrogen and oxygen atoms in total. The molecule has 1 aromatic carbocycles. The molecule has 208 valence electrons. The van der Waals surface area contributed by atoms with Gasteiger partial charge in [-0.3, -0.25) is 15.0 Å². The molecule has 2 aliphatic heterocycles. The van der Waals surface area contributed by atoms with Crippen LogP contribution in [0.5, 0.6) is 0 Å². The van der Waals surface area contributed by atoms with Crippen molar-refractivity contribution in [2.45, 2.75) is 47.0 Å². The first-order valence-electron chi connectivity index (χ1n) is 12.8. The highest BCUT2D eigenvalue weighted by Crippen LogP contribution is 2.39. The van der Waals surface area contributed by atoms with Gasteiger partial charge in [0.25, 0.3) is 5.69 Å². The largest absolute Gasteiger partial charge is 0.478 e. The molecule has 38 heavy (non-hydrogen) atoms. The van der Waals surface area contributed by atoms with Crippen LogP contribution in [0.4, 0.5) is 5.69 Å². The Balaban J connectivity index is 0.000000293. The Bertz CT molecular complexity index is 1080. The Hall–Kier alpha value is -3.50. The monoisotopic (exact) mass is 528 g/mol. The predicted octanol–water partition coefficient (Wildman–Crippen LogP) is 4.23. The number of carboxylic acid groups (broad SMARTS) is 2. The van der Waals surface area contributed by atoms with Gasteiger partial charge in [0.1, 0.15) is 0 Å². The summed E-state index contributed by atoms with van der Waals surface area (Å²) in [7, 11) is 0. The topological polar surface area (TPSA) is 136 Å². The average molecular weight is 529 g/mol. The number of carboxylic acids is 2. The Morgan fingerprint density at radius 1 is 1.11 bits per heavy atom. The molecule has 0 unspecified atom stereocenters. The second kappa shape index (κ2) is 13.3. The minimum atomic E-state index is -1.28. The van der Waals surface area contributed by atoms with Gasteiger partial charge in [0.2, 0.25) is 0 Å². The summed E-state index contributed by atoms with van der Waals surface area (Å²) in [5.74, 6) is -3.65. The molecule has 3 N–H and O–H groups in total. The molecule has 2 aliphatic rings. The fraction of sp³-hybridized carbons (Fsp3) is 0.500. The number of dihydropyridines is 1. The van der Waals surface area contributed by atoms with Gasteiger partial charge in [-0.2, -0.15) is 0 Å². The molecule has 1 aromatic rings. The molecule has 3 rings (SSSR count). The van der Waals surface area contributed by atoms with Crippen LogP contribution < -0.4 is 5.32 Å². The van der Waals surface area contributed by atoms with Crippen molar-refractivity contribution >= 4 is 17.6 Å². The number of piperazine rings is 1. The summed E-state index contributed by atoms with van der Waals surface area (Å²) in [5, 5.41) is 32.6. The third-order valence-electron chi connectivity index (χ3n) is 7.10. The van der Waals surface area contributed by atoms with Gasteiger partial charge in [-0.25, -0.2) is 9.59 Å².